The van der Waals surface area contributed by atoms with E-state index in [-0.39, 0.29) is 0 Å². The zero-order valence-electron chi connectivity index (χ0n) is 13.8. The first kappa shape index (κ1) is 14.5. The number of aryl methyl sites for hydroxylation is 2. The van der Waals surface area contributed by atoms with E-state index in [1.54, 1.807) is 6.20 Å². The average molecular weight is 302 g/mol. The van der Waals surface area contributed by atoms with E-state index in [4.69, 9.17) is 0 Å². The number of hydrogen-bond donors (Lipinski definition) is 0. The predicted octanol–water partition coefficient (Wildman–Crippen LogP) is 4.87. The third-order valence-corrected chi connectivity index (χ3v) is 6.12. The second-order valence-electron chi connectivity index (χ2n) is 7.31. The Morgan fingerprint density at radius 1 is 0.957 bits per heavy atom. The van der Waals surface area contributed by atoms with Crippen molar-refractivity contribution >= 4 is 0 Å². The molecule has 2 fully saturated rings. The zero-order chi connectivity index (χ0) is 16.0. The maximum absolute atomic E-state index is 9.17. The lowest BCUT2D eigenvalue weighted by Crippen LogP contribution is -2.19. The number of fused-ring (bicyclic) bond motifs is 2. The number of nitrogens with zero attached hydrogens (tertiary/aromatic N) is 2. The van der Waals surface area contributed by atoms with Crippen molar-refractivity contribution in [2.24, 2.45) is 11.8 Å². The number of hydrogen-bond acceptors (Lipinski definition) is 2. The van der Waals surface area contributed by atoms with Crippen LogP contribution in [0.25, 0.3) is 0 Å². The Balaban J connectivity index is 1.77. The molecule has 0 spiro atoms. The topological polar surface area (TPSA) is 36.7 Å². The highest BCUT2D eigenvalue weighted by Crippen LogP contribution is 2.60. The lowest BCUT2D eigenvalue weighted by atomic mass is 9.72. The van der Waals surface area contributed by atoms with Crippen LogP contribution in [0.5, 0.6) is 0 Å². The standard InChI is InChI=1S/C21H22N2/c1-13-3-4-15(9-14(13)2)20-16-5-6-17(10-16)21(20)18-7-8-23-19(11-18)12-22/h3-4,7-9,11,16-17,20-21H,5-6,10H2,1-2H3. The molecule has 4 atom stereocenters. The van der Waals surface area contributed by atoms with Gasteiger partial charge in [0.2, 0.25) is 0 Å². The van der Waals surface area contributed by atoms with Crippen molar-refractivity contribution in [2.75, 3.05) is 0 Å². The molecule has 2 nitrogen and oxygen atoms in total. The van der Waals surface area contributed by atoms with Crippen molar-refractivity contribution in [3.05, 3.63) is 64.5 Å². The van der Waals surface area contributed by atoms with E-state index in [9.17, 15) is 5.26 Å². The van der Waals surface area contributed by atoms with Crippen LogP contribution in [-0.2, 0) is 0 Å². The molecule has 2 saturated carbocycles. The van der Waals surface area contributed by atoms with Crippen LogP contribution in [0.1, 0.15) is 59.0 Å². The minimum Gasteiger partial charge on any atom is -0.246 e. The van der Waals surface area contributed by atoms with Gasteiger partial charge in [-0.3, -0.25) is 0 Å². The van der Waals surface area contributed by atoms with Crippen LogP contribution >= 0.6 is 0 Å². The number of aromatic nitrogens is 1. The molecule has 2 heteroatoms. The van der Waals surface area contributed by atoms with Crippen molar-refractivity contribution in [3.63, 3.8) is 0 Å². The molecule has 2 aromatic rings. The van der Waals surface area contributed by atoms with Gasteiger partial charge in [0.1, 0.15) is 11.8 Å². The molecule has 0 saturated heterocycles. The normalized spacial score (nSPS) is 28.7. The quantitative estimate of drug-likeness (QED) is 0.793. The molecule has 0 aliphatic heterocycles. The molecule has 116 valence electrons. The van der Waals surface area contributed by atoms with Gasteiger partial charge in [0.05, 0.1) is 0 Å². The summed E-state index contributed by atoms with van der Waals surface area (Å²) in [6.07, 6.45) is 5.83. The summed E-state index contributed by atoms with van der Waals surface area (Å²) in [5.41, 5.74) is 6.09. The van der Waals surface area contributed by atoms with Gasteiger partial charge in [-0.2, -0.15) is 5.26 Å². The van der Waals surface area contributed by atoms with Crippen LogP contribution in [0, 0.1) is 37.0 Å². The minimum absolute atomic E-state index is 0.545. The smallest absolute Gasteiger partial charge is 0.140 e. The summed E-state index contributed by atoms with van der Waals surface area (Å²) in [6.45, 7) is 4.39. The lowest BCUT2D eigenvalue weighted by molar-refractivity contribution is 0.366. The van der Waals surface area contributed by atoms with Crippen molar-refractivity contribution in [2.45, 2.75) is 44.9 Å². The second kappa shape index (κ2) is 5.49. The first-order chi connectivity index (χ1) is 11.2. The van der Waals surface area contributed by atoms with E-state index in [0.29, 0.717) is 17.5 Å². The molecule has 1 heterocycles. The molecule has 4 rings (SSSR count). The molecule has 1 aromatic heterocycles. The van der Waals surface area contributed by atoms with E-state index in [1.807, 2.05) is 6.07 Å². The molecular formula is C21H22N2. The van der Waals surface area contributed by atoms with Gasteiger partial charge in [-0.15, -0.1) is 0 Å². The van der Waals surface area contributed by atoms with E-state index in [0.717, 1.165) is 11.8 Å². The Labute approximate surface area is 138 Å². The summed E-state index contributed by atoms with van der Waals surface area (Å²) in [5, 5.41) is 9.17. The lowest BCUT2D eigenvalue weighted by Gasteiger charge is -2.32. The molecule has 23 heavy (non-hydrogen) atoms. The summed E-state index contributed by atoms with van der Waals surface area (Å²) in [5.74, 6) is 2.71. The predicted molar refractivity (Wildman–Crippen MR) is 91.2 cm³/mol. The molecule has 4 unspecified atom stereocenters. The van der Waals surface area contributed by atoms with E-state index in [1.165, 1.54) is 41.5 Å². The molecular weight excluding hydrogens is 280 g/mol. The zero-order valence-corrected chi connectivity index (χ0v) is 13.8. The van der Waals surface area contributed by atoms with E-state index < -0.39 is 0 Å². The molecule has 2 aliphatic rings. The summed E-state index contributed by atoms with van der Waals surface area (Å²) < 4.78 is 0. The molecule has 2 bridgehead atoms. The summed E-state index contributed by atoms with van der Waals surface area (Å²) in [6, 6.07) is 13.3. The van der Waals surface area contributed by atoms with Crippen molar-refractivity contribution < 1.29 is 0 Å². The van der Waals surface area contributed by atoms with Crippen LogP contribution < -0.4 is 0 Å². The summed E-state index contributed by atoms with van der Waals surface area (Å²) in [7, 11) is 0. The molecule has 0 radical (unpaired) electrons. The molecule has 0 amide bonds. The van der Waals surface area contributed by atoms with Gasteiger partial charge in [-0.1, -0.05) is 18.2 Å². The Hall–Kier alpha value is -2.14. The Morgan fingerprint density at radius 2 is 1.65 bits per heavy atom. The Kier molecular flexibility index (Phi) is 3.45. The van der Waals surface area contributed by atoms with Crippen LogP contribution in [0.2, 0.25) is 0 Å². The summed E-state index contributed by atoms with van der Waals surface area (Å²) in [4.78, 5) is 4.15. The number of benzene rings is 1. The average Bonchev–Trinajstić information content (AvgIpc) is 3.18. The monoisotopic (exact) mass is 302 g/mol. The van der Waals surface area contributed by atoms with Gasteiger partial charge in [-0.25, -0.2) is 4.98 Å². The highest BCUT2D eigenvalue weighted by Gasteiger charge is 2.48. The molecule has 0 N–H and O–H groups in total. The number of nitriles is 1. The fourth-order valence-corrected chi connectivity index (χ4v) is 4.94. The van der Waals surface area contributed by atoms with Crippen LogP contribution in [0.4, 0.5) is 0 Å². The molecule has 1 aromatic carbocycles. The fraction of sp³-hybridized carbons (Fsp3) is 0.429. The third-order valence-electron chi connectivity index (χ3n) is 6.12. The Bertz CT molecular complexity index is 787. The second-order valence-corrected chi connectivity index (χ2v) is 7.31. The van der Waals surface area contributed by atoms with Gasteiger partial charge in [0, 0.05) is 6.20 Å². The van der Waals surface area contributed by atoms with Gasteiger partial charge in [-0.05, 0) is 91.2 Å². The highest BCUT2D eigenvalue weighted by molar-refractivity contribution is 5.39. The van der Waals surface area contributed by atoms with Crippen LogP contribution in [0.15, 0.2) is 36.5 Å². The summed E-state index contributed by atoms with van der Waals surface area (Å²) >= 11 is 0. The maximum atomic E-state index is 9.17. The van der Waals surface area contributed by atoms with Gasteiger partial charge >= 0.3 is 0 Å². The van der Waals surface area contributed by atoms with Gasteiger partial charge < -0.3 is 0 Å². The van der Waals surface area contributed by atoms with Crippen molar-refractivity contribution in [3.8, 4) is 6.07 Å². The van der Waals surface area contributed by atoms with E-state index >= 15 is 0 Å². The first-order valence-corrected chi connectivity index (χ1v) is 8.60. The maximum Gasteiger partial charge on any atom is 0.140 e. The van der Waals surface area contributed by atoms with Crippen molar-refractivity contribution in [1.82, 2.24) is 4.98 Å². The fourth-order valence-electron chi connectivity index (χ4n) is 4.94. The number of pyridine rings is 1. The molecule has 2 aliphatic carbocycles. The van der Waals surface area contributed by atoms with Crippen molar-refractivity contribution in [1.29, 1.82) is 5.26 Å². The third kappa shape index (κ3) is 2.36. The highest BCUT2D eigenvalue weighted by atomic mass is 14.7. The Morgan fingerprint density at radius 3 is 2.30 bits per heavy atom. The van der Waals surface area contributed by atoms with Crippen LogP contribution in [-0.4, -0.2) is 4.98 Å². The first-order valence-electron chi connectivity index (χ1n) is 8.60. The van der Waals surface area contributed by atoms with E-state index in [2.05, 4.69) is 49.2 Å². The van der Waals surface area contributed by atoms with Gasteiger partial charge in [0.15, 0.2) is 0 Å². The number of rotatable bonds is 2. The largest absolute Gasteiger partial charge is 0.246 e. The van der Waals surface area contributed by atoms with Crippen LogP contribution in [0.3, 0.4) is 0 Å². The SMILES string of the molecule is Cc1ccc(C2C3CCC(C3)C2c2ccnc(C#N)c2)cc1C. The van der Waals surface area contributed by atoms with Gasteiger partial charge in [0.25, 0.3) is 0 Å². The minimum atomic E-state index is 0.545.